The Kier molecular flexibility index (Phi) is 3.20. The Morgan fingerprint density at radius 3 is 2.65 bits per heavy atom. The van der Waals surface area contributed by atoms with Crippen molar-refractivity contribution in [1.82, 2.24) is 5.01 Å². The number of rotatable bonds is 3. The zero-order valence-electron chi connectivity index (χ0n) is 12.0. The largest absolute Gasteiger partial charge is 0.465 e. The Bertz CT molecular complexity index is 838. The molecule has 1 aliphatic rings. The fourth-order valence-corrected chi connectivity index (χ4v) is 2.49. The van der Waals surface area contributed by atoms with Gasteiger partial charge < -0.3 is 14.2 Å². The van der Waals surface area contributed by atoms with Crippen LogP contribution in [0.3, 0.4) is 0 Å². The van der Waals surface area contributed by atoms with Gasteiger partial charge >= 0.3 is 0 Å². The van der Waals surface area contributed by atoms with Gasteiger partial charge in [0, 0.05) is 5.69 Å². The highest BCUT2D eigenvalue weighted by Crippen LogP contribution is 2.33. The van der Waals surface area contributed by atoms with E-state index < -0.39 is 6.17 Å². The van der Waals surface area contributed by atoms with Crippen LogP contribution in [0.1, 0.15) is 28.0 Å². The molecule has 0 aliphatic carbocycles. The molecule has 6 heteroatoms. The number of amides is 1. The Hall–Kier alpha value is -3.28. The molecular weight excluding hydrogens is 294 g/mol. The molecule has 2 aromatic heterocycles. The van der Waals surface area contributed by atoms with Crippen LogP contribution in [0, 0.1) is 0 Å². The van der Waals surface area contributed by atoms with Crippen LogP contribution < -0.4 is 5.32 Å². The highest BCUT2D eigenvalue weighted by atomic mass is 16.3. The second-order valence-electron chi connectivity index (χ2n) is 5.02. The molecule has 1 amide bonds. The first kappa shape index (κ1) is 13.4. The molecule has 3 aromatic rings. The summed E-state index contributed by atoms with van der Waals surface area (Å²) >= 11 is 0. The van der Waals surface area contributed by atoms with Crippen LogP contribution in [-0.2, 0) is 0 Å². The molecule has 4 rings (SSSR count). The first-order chi connectivity index (χ1) is 11.3. The average Bonchev–Trinajstić information content (AvgIpc) is 3.27. The highest BCUT2D eigenvalue weighted by molar-refractivity contribution is 6.01. The number of benzene rings is 1. The van der Waals surface area contributed by atoms with Crippen molar-refractivity contribution in [2.75, 3.05) is 5.32 Å². The quantitative estimate of drug-likeness (QED) is 0.752. The van der Waals surface area contributed by atoms with E-state index in [1.54, 1.807) is 42.9 Å². The van der Waals surface area contributed by atoms with Crippen LogP contribution in [0.25, 0.3) is 0 Å². The van der Waals surface area contributed by atoms with Crippen LogP contribution in [-0.4, -0.2) is 17.1 Å². The summed E-state index contributed by atoms with van der Waals surface area (Å²) < 4.78 is 10.7. The number of hydrogen-bond donors (Lipinski definition) is 1. The maximum atomic E-state index is 12.8. The predicted molar refractivity (Wildman–Crippen MR) is 84.0 cm³/mol. The van der Waals surface area contributed by atoms with Crippen molar-refractivity contribution in [3.8, 4) is 0 Å². The van der Waals surface area contributed by atoms with E-state index in [2.05, 4.69) is 10.4 Å². The molecule has 0 saturated carbocycles. The van der Waals surface area contributed by atoms with E-state index in [1.165, 1.54) is 11.2 Å². The van der Waals surface area contributed by atoms with Crippen LogP contribution in [0.15, 0.2) is 75.0 Å². The fourth-order valence-electron chi connectivity index (χ4n) is 2.49. The first-order valence-electron chi connectivity index (χ1n) is 7.13. The second kappa shape index (κ2) is 5.49. The number of anilines is 1. The highest BCUT2D eigenvalue weighted by Gasteiger charge is 2.34. The lowest BCUT2D eigenvalue weighted by molar-refractivity contribution is 0.0671. The fraction of sp³-hybridized carbons (Fsp3) is 0.0588. The van der Waals surface area contributed by atoms with Crippen LogP contribution in [0.2, 0.25) is 0 Å². The van der Waals surface area contributed by atoms with Gasteiger partial charge in [0.25, 0.3) is 5.91 Å². The average molecular weight is 307 g/mol. The normalized spacial score (nSPS) is 17.3. The molecular formula is C17H13N3O3. The van der Waals surface area contributed by atoms with Gasteiger partial charge in [0.05, 0.1) is 24.3 Å². The SMILES string of the molecule is O=C1c2ccccc2N[C@H](c2ccco2)N1/N=C\c1ccco1. The van der Waals surface area contributed by atoms with Crippen LogP contribution in [0.5, 0.6) is 0 Å². The van der Waals surface area contributed by atoms with Crippen LogP contribution in [0.4, 0.5) is 5.69 Å². The molecule has 0 bridgehead atoms. The van der Waals surface area contributed by atoms with E-state index in [0.717, 1.165) is 5.69 Å². The van der Waals surface area contributed by atoms with Crippen molar-refractivity contribution in [3.05, 3.63) is 78.1 Å². The van der Waals surface area contributed by atoms with Crippen molar-refractivity contribution in [2.24, 2.45) is 5.10 Å². The summed E-state index contributed by atoms with van der Waals surface area (Å²) in [5.41, 5.74) is 1.32. The number of carbonyl (C=O) groups excluding carboxylic acids is 1. The Balaban J connectivity index is 1.75. The maximum Gasteiger partial charge on any atom is 0.278 e. The Labute approximate surface area is 132 Å². The molecule has 1 aromatic carbocycles. The number of nitrogens with one attached hydrogen (secondary N) is 1. The van der Waals surface area contributed by atoms with Crippen molar-refractivity contribution in [2.45, 2.75) is 6.17 Å². The molecule has 23 heavy (non-hydrogen) atoms. The van der Waals surface area contributed by atoms with Crippen molar-refractivity contribution in [3.63, 3.8) is 0 Å². The summed E-state index contributed by atoms with van der Waals surface area (Å²) in [4.78, 5) is 12.8. The Morgan fingerprint density at radius 1 is 1.04 bits per heavy atom. The number of furan rings is 2. The molecule has 0 radical (unpaired) electrons. The number of nitrogens with zero attached hydrogens (tertiary/aromatic N) is 2. The molecule has 1 N–H and O–H groups in total. The molecule has 1 aliphatic heterocycles. The lowest BCUT2D eigenvalue weighted by Crippen LogP contribution is -2.39. The molecule has 6 nitrogen and oxygen atoms in total. The van der Waals surface area contributed by atoms with Crippen molar-refractivity contribution < 1.29 is 13.6 Å². The third-order valence-electron chi connectivity index (χ3n) is 3.57. The third kappa shape index (κ3) is 2.40. The molecule has 0 fully saturated rings. The van der Waals surface area contributed by atoms with Gasteiger partial charge in [-0.1, -0.05) is 12.1 Å². The molecule has 1 atom stereocenters. The topological polar surface area (TPSA) is 71.0 Å². The summed E-state index contributed by atoms with van der Waals surface area (Å²) in [7, 11) is 0. The monoisotopic (exact) mass is 307 g/mol. The number of para-hydroxylation sites is 1. The minimum absolute atomic E-state index is 0.205. The molecule has 114 valence electrons. The van der Waals surface area contributed by atoms with E-state index in [9.17, 15) is 4.79 Å². The van der Waals surface area contributed by atoms with Gasteiger partial charge in [0.1, 0.15) is 11.5 Å². The second-order valence-corrected chi connectivity index (χ2v) is 5.02. The van der Waals surface area contributed by atoms with E-state index in [0.29, 0.717) is 17.1 Å². The summed E-state index contributed by atoms with van der Waals surface area (Å²) in [6.45, 7) is 0. The lowest BCUT2D eigenvalue weighted by Gasteiger charge is -2.32. The molecule has 0 spiro atoms. The summed E-state index contributed by atoms with van der Waals surface area (Å²) in [6.07, 6.45) is 4.11. The van der Waals surface area contributed by atoms with Gasteiger partial charge in [-0.05, 0) is 36.4 Å². The minimum Gasteiger partial charge on any atom is -0.465 e. The van der Waals surface area contributed by atoms with Crippen LogP contribution >= 0.6 is 0 Å². The third-order valence-corrected chi connectivity index (χ3v) is 3.57. The first-order valence-corrected chi connectivity index (χ1v) is 7.13. The van der Waals surface area contributed by atoms with Gasteiger partial charge in [-0.15, -0.1) is 0 Å². The zero-order valence-corrected chi connectivity index (χ0v) is 12.0. The van der Waals surface area contributed by atoms with E-state index in [4.69, 9.17) is 8.83 Å². The summed E-state index contributed by atoms with van der Waals surface area (Å²) in [5, 5.41) is 8.91. The molecule has 0 unspecified atom stereocenters. The van der Waals surface area contributed by atoms with Gasteiger partial charge in [0.15, 0.2) is 6.17 Å². The number of hydrogen-bond acceptors (Lipinski definition) is 5. The maximum absolute atomic E-state index is 12.8. The molecule has 0 saturated heterocycles. The number of carbonyl (C=O) groups is 1. The van der Waals surface area contributed by atoms with Gasteiger partial charge in [0.2, 0.25) is 0 Å². The van der Waals surface area contributed by atoms with Gasteiger partial charge in [-0.3, -0.25) is 4.79 Å². The van der Waals surface area contributed by atoms with E-state index >= 15 is 0 Å². The number of fused-ring (bicyclic) bond motifs is 1. The minimum atomic E-state index is -0.515. The van der Waals surface area contributed by atoms with Crippen molar-refractivity contribution in [1.29, 1.82) is 0 Å². The van der Waals surface area contributed by atoms with Gasteiger partial charge in [-0.2, -0.15) is 10.1 Å². The standard InChI is InChI=1S/C17H13N3O3/c21-17-13-6-1-2-7-14(13)19-16(15-8-4-10-23-15)20(17)18-11-12-5-3-9-22-12/h1-11,16,19H/b18-11-/t16-/m0/s1. The summed E-state index contributed by atoms with van der Waals surface area (Å²) in [6, 6.07) is 14.4. The van der Waals surface area contributed by atoms with E-state index in [-0.39, 0.29) is 5.91 Å². The van der Waals surface area contributed by atoms with Crippen molar-refractivity contribution >= 4 is 17.8 Å². The molecule has 3 heterocycles. The van der Waals surface area contributed by atoms with E-state index in [1.807, 2.05) is 18.2 Å². The Morgan fingerprint density at radius 2 is 1.87 bits per heavy atom. The van der Waals surface area contributed by atoms with Gasteiger partial charge in [-0.25, -0.2) is 0 Å². The lowest BCUT2D eigenvalue weighted by atomic mass is 10.1. The number of hydrazone groups is 1. The summed E-state index contributed by atoms with van der Waals surface area (Å²) in [5.74, 6) is 0.961. The smallest absolute Gasteiger partial charge is 0.278 e. The predicted octanol–water partition coefficient (Wildman–Crippen LogP) is 3.47. The zero-order chi connectivity index (χ0) is 15.6.